The zero-order valence-corrected chi connectivity index (χ0v) is 10.3. The van der Waals surface area contributed by atoms with Crippen LogP contribution < -0.4 is 10.9 Å². The van der Waals surface area contributed by atoms with E-state index in [4.69, 9.17) is 5.26 Å². The molecule has 0 unspecified atom stereocenters. The number of hydrogen-bond donors (Lipinski definition) is 1. The third-order valence-electron chi connectivity index (χ3n) is 3.24. The van der Waals surface area contributed by atoms with E-state index in [-0.39, 0.29) is 12.1 Å². The van der Waals surface area contributed by atoms with Gasteiger partial charge < -0.3 is 5.32 Å². The summed E-state index contributed by atoms with van der Waals surface area (Å²) >= 11 is 0. The van der Waals surface area contributed by atoms with Crippen LogP contribution in [-0.2, 0) is 13.0 Å². The molecular weight excluding hydrogens is 240 g/mol. The molecule has 0 spiro atoms. The van der Waals surface area contributed by atoms with Crippen LogP contribution in [0, 0.1) is 11.3 Å². The highest BCUT2D eigenvalue weighted by Gasteiger charge is 2.18. The molecule has 1 N–H and O–H groups in total. The summed E-state index contributed by atoms with van der Waals surface area (Å²) in [5.74, 6) is 0. The minimum absolute atomic E-state index is 0.0359. The number of nitrogens with one attached hydrogen (secondary N) is 1. The van der Waals surface area contributed by atoms with Gasteiger partial charge in [0.1, 0.15) is 6.54 Å². The van der Waals surface area contributed by atoms with Gasteiger partial charge in [-0.25, -0.2) is 4.98 Å². The molecule has 2 heterocycles. The summed E-state index contributed by atoms with van der Waals surface area (Å²) in [6.45, 7) is 0.728. The molecule has 0 aliphatic carbocycles. The standard InChI is InChI=1S/C14H12N4O/c15-6-8-18-9-17-13-10-3-1-2-4-12(10)16-7-5-11(13)14(18)19/h1-4,9,16H,5,7-8H2. The van der Waals surface area contributed by atoms with Crippen LogP contribution in [0.2, 0.25) is 0 Å². The van der Waals surface area contributed by atoms with E-state index in [1.54, 1.807) is 0 Å². The van der Waals surface area contributed by atoms with Crippen molar-refractivity contribution in [1.82, 2.24) is 9.55 Å². The lowest BCUT2D eigenvalue weighted by atomic mass is 10.1. The number of nitriles is 1. The first-order valence-corrected chi connectivity index (χ1v) is 6.10. The molecule has 1 aromatic heterocycles. The molecule has 3 rings (SSSR count). The lowest BCUT2D eigenvalue weighted by Gasteiger charge is -2.09. The SMILES string of the molecule is N#CCn1cnc2c(c1=O)CCNc1ccccc1-2. The molecule has 94 valence electrons. The highest BCUT2D eigenvalue weighted by molar-refractivity contribution is 5.78. The molecule has 0 fully saturated rings. The van der Waals surface area contributed by atoms with Gasteiger partial charge in [-0.2, -0.15) is 5.26 Å². The molecule has 0 saturated heterocycles. The lowest BCUT2D eigenvalue weighted by Crippen LogP contribution is -2.25. The second kappa shape index (κ2) is 4.58. The Morgan fingerprint density at radius 1 is 1.42 bits per heavy atom. The summed E-state index contributed by atoms with van der Waals surface area (Å²) in [5, 5.41) is 12.0. The van der Waals surface area contributed by atoms with Gasteiger partial charge in [0.15, 0.2) is 0 Å². The van der Waals surface area contributed by atoms with Crippen LogP contribution in [0.1, 0.15) is 5.56 Å². The van der Waals surface area contributed by atoms with Crippen LogP contribution in [0.4, 0.5) is 5.69 Å². The summed E-state index contributed by atoms with van der Waals surface area (Å²) < 4.78 is 1.35. The summed E-state index contributed by atoms with van der Waals surface area (Å²) in [6.07, 6.45) is 2.06. The van der Waals surface area contributed by atoms with Gasteiger partial charge in [0.2, 0.25) is 0 Å². The first-order chi connectivity index (χ1) is 9.31. The van der Waals surface area contributed by atoms with E-state index < -0.39 is 0 Å². The van der Waals surface area contributed by atoms with Crippen molar-refractivity contribution in [2.75, 3.05) is 11.9 Å². The normalized spacial score (nSPS) is 12.6. The topological polar surface area (TPSA) is 70.7 Å². The Bertz CT molecular complexity index is 727. The Morgan fingerprint density at radius 2 is 2.26 bits per heavy atom. The maximum atomic E-state index is 12.3. The molecule has 2 aromatic rings. The number of fused-ring (bicyclic) bond motifs is 3. The van der Waals surface area contributed by atoms with Crippen molar-refractivity contribution >= 4 is 5.69 Å². The zero-order valence-electron chi connectivity index (χ0n) is 10.3. The van der Waals surface area contributed by atoms with Crippen LogP contribution in [0.15, 0.2) is 35.4 Å². The van der Waals surface area contributed by atoms with Crippen LogP contribution >= 0.6 is 0 Å². The minimum atomic E-state index is -0.120. The fourth-order valence-corrected chi connectivity index (χ4v) is 2.34. The molecule has 5 nitrogen and oxygen atoms in total. The molecular formula is C14H12N4O. The van der Waals surface area contributed by atoms with Crippen molar-refractivity contribution in [2.45, 2.75) is 13.0 Å². The van der Waals surface area contributed by atoms with E-state index in [0.717, 1.165) is 16.9 Å². The minimum Gasteiger partial charge on any atom is -0.384 e. The summed E-state index contributed by atoms with van der Waals surface area (Å²) in [4.78, 5) is 16.7. The third kappa shape index (κ3) is 1.87. The quantitative estimate of drug-likeness (QED) is 0.832. The Labute approximate surface area is 110 Å². The Hall–Kier alpha value is -2.61. The van der Waals surface area contributed by atoms with Crippen molar-refractivity contribution in [2.24, 2.45) is 0 Å². The van der Waals surface area contributed by atoms with Gasteiger partial charge >= 0.3 is 0 Å². The highest BCUT2D eigenvalue weighted by Crippen LogP contribution is 2.29. The summed E-state index contributed by atoms with van der Waals surface area (Å²) in [7, 11) is 0. The average molecular weight is 252 g/mol. The maximum Gasteiger partial charge on any atom is 0.258 e. The van der Waals surface area contributed by atoms with Gasteiger partial charge in [-0.15, -0.1) is 0 Å². The Morgan fingerprint density at radius 3 is 3.11 bits per heavy atom. The summed E-state index contributed by atoms with van der Waals surface area (Å²) in [6, 6.07) is 9.79. The Kier molecular flexibility index (Phi) is 2.76. The molecule has 1 aliphatic rings. The van der Waals surface area contributed by atoms with Crippen LogP contribution in [0.3, 0.4) is 0 Å². The number of para-hydroxylation sites is 1. The number of hydrogen-bond acceptors (Lipinski definition) is 4. The van der Waals surface area contributed by atoms with Gasteiger partial charge in [-0.05, 0) is 12.5 Å². The van der Waals surface area contributed by atoms with E-state index in [1.807, 2.05) is 30.3 Å². The van der Waals surface area contributed by atoms with Gasteiger partial charge in [0.25, 0.3) is 5.56 Å². The van der Waals surface area contributed by atoms with Crippen LogP contribution in [-0.4, -0.2) is 16.1 Å². The molecule has 0 amide bonds. The van der Waals surface area contributed by atoms with E-state index >= 15 is 0 Å². The van der Waals surface area contributed by atoms with E-state index in [0.29, 0.717) is 18.5 Å². The second-order valence-corrected chi connectivity index (χ2v) is 4.39. The van der Waals surface area contributed by atoms with Gasteiger partial charge in [0.05, 0.1) is 18.1 Å². The second-order valence-electron chi connectivity index (χ2n) is 4.39. The van der Waals surface area contributed by atoms with Crippen molar-refractivity contribution < 1.29 is 0 Å². The first kappa shape index (κ1) is 11.5. The number of rotatable bonds is 1. The third-order valence-corrected chi connectivity index (χ3v) is 3.24. The zero-order chi connectivity index (χ0) is 13.2. The molecule has 0 radical (unpaired) electrons. The fourth-order valence-electron chi connectivity index (χ4n) is 2.34. The highest BCUT2D eigenvalue weighted by atomic mass is 16.1. The van der Waals surface area contributed by atoms with E-state index in [1.165, 1.54) is 10.9 Å². The monoisotopic (exact) mass is 252 g/mol. The smallest absolute Gasteiger partial charge is 0.258 e. The van der Waals surface area contributed by atoms with Crippen molar-refractivity contribution in [3.8, 4) is 17.3 Å². The molecule has 0 bridgehead atoms. The predicted octanol–water partition coefficient (Wildman–Crippen LogP) is 1.40. The van der Waals surface area contributed by atoms with Crippen LogP contribution in [0.25, 0.3) is 11.3 Å². The lowest BCUT2D eigenvalue weighted by molar-refractivity contribution is 0.745. The van der Waals surface area contributed by atoms with E-state index in [9.17, 15) is 4.79 Å². The molecule has 0 saturated carbocycles. The van der Waals surface area contributed by atoms with Crippen molar-refractivity contribution in [3.63, 3.8) is 0 Å². The van der Waals surface area contributed by atoms with Gasteiger partial charge in [-0.3, -0.25) is 9.36 Å². The van der Waals surface area contributed by atoms with Gasteiger partial charge in [-0.1, -0.05) is 18.2 Å². The number of aromatic nitrogens is 2. The van der Waals surface area contributed by atoms with Crippen molar-refractivity contribution in [1.29, 1.82) is 5.26 Å². The van der Waals surface area contributed by atoms with Crippen LogP contribution in [0.5, 0.6) is 0 Å². The van der Waals surface area contributed by atoms with Gasteiger partial charge in [0, 0.05) is 23.4 Å². The first-order valence-electron chi connectivity index (χ1n) is 6.10. The number of benzene rings is 1. The number of nitrogens with zero attached hydrogens (tertiary/aromatic N) is 3. The molecule has 5 heteroatoms. The molecule has 1 aliphatic heterocycles. The molecule has 0 atom stereocenters. The predicted molar refractivity (Wildman–Crippen MR) is 71.7 cm³/mol. The largest absolute Gasteiger partial charge is 0.384 e. The average Bonchev–Trinajstić information content (AvgIpc) is 2.62. The molecule has 1 aromatic carbocycles. The Balaban J connectivity index is 2.25. The fraction of sp³-hybridized carbons (Fsp3) is 0.214. The number of anilines is 1. The maximum absolute atomic E-state index is 12.3. The summed E-state index contributed by atoms with van der Waals surface area (Å²) in [5.41, 5.74) is 3.21. The van der Waals surface area contributed by atoms with E-state index in [2.05, 4.69) is 10.3 Å². The molecule has 19 heavy (non-hydrogen) atoms. The van der Waals surface area contributed by atoms with Crippen molar-refractivity contribution in [3.05, 3.63) is 46.5 Å².